The third-order valence-electron chi connectivity index (χ3n) is 0.368. The van der Waals surface area contributed by atoms with Crippen molar-refractivity contribution in [3.05, 3.63) is 0 Å². The highest BCUT2D eigenvalue weighted by Crippen LogP contribution is 1.74. The molecule has 0 fully saturated rings. The first-order valence-corrected chi connectivity index (χ1v) is 2.58. The molecule has 0 aliphatic heterocycles. The minimum Gasteiger partial charge on any atom is -0.365 e. The lowest BCUT2D eigenvalue weighted by atomic mass is 11.1. The van der Waals surface area contributed by atoms with E-state index in [-0.39, 0.29) is 0 Å². The van der Waals surface area contributed by atoms with Crippen molar-refractivity contribution in [2.24, 2.45) is 0 Å². The maximum Gasteiger partial charge on any atom is 0.132 e. The highest BCUT2D eigenvalue weighted by atomic mass is 32.1. The summed E-state index contributed by atoms with van der Waals surface area (Å²) >= 11 is 8.31. The maximum absolute atomic E-state index is 4.61. The van der Waals surface area contributed by atoms with E-state index in [0.29, 0.717) is 11.1 Å². The fraction of sp³-hybridized carbons (Fsp3) is 0.667. The molecule has 0 aromatic carbocycles. The van der Waals surface area contributed by atoms with Gasteiger partial charge in [0.05, 0.1) is 0 Å². The molecule has 0 amide bonds. The van der Waals surface area contributed by atoms with Gasteiger partial charge in [0.2, 0.25) is 0 Å². The maximum atomic E-state index is 4.61. The summed E-state index contributed by atoms with van der Waals surface area (Å²) in [5.41, 5.74) is 0. The lowest BCUT2D eigenvalue weighted by Gasteiger charge is -1.97. The standard InChI is InChI=1S/C3H7NOS2/c1-5-2-4-3(6)7/h2H2,1H3,(H2,4,6,7). The van der Waals surface area contributed by atoms with Gasteiger partial charge in [-0.1, -0.05) is 12.2 Å². The molecule has 0 heterocycles. The van der Waals surface area contributed by atoms with Gasteiger partial charge in [-0.05, 0) is 0 Å². The van der Waals surface area contributed by atoms with E-state index in [9.17, 15) is 0 Å². The van der Waals surface area contributed by atoms with E-state index in [0.717, 1.165) is 0 Å². The molecule has 0 aliphatic rings. The zero-order chi connectivity index (χ0) is 5.70. The molecule has 0 radical (unpaired) electrons. The molecule has 0 aromatic rings. The van der Waals surface area contributed by atoms with Crippen LogP contribution >= 0.6 is 24.8 Å². The number of rotatable bonds is 2. The van der Waals surface area contributed by atoms with Crippen molar-refractivity contribution in [1.82, 2.24) is 5.32 Å². The van der Waals surface area contributed by atoms with Crippen molar-refractivity contribution in [3.8, 4) is 0 Å². The van der Waals surface area contributed by atoms with Gasteiger partial charge < -0.3 is 10.1 Å². The van der Waals surface area contributed by atoms with E-state index in [1.54, 1.807) is 7.11 Å². The minimum atomic E-state index is 0.433. The molecule has 4 heteroatoms. The van der Waals surface area contributed by atoms with Crippen molar-refractivity contribution in [2.75, 3.05) is 13.8 Å². The topological polar surface area (TPSA) is 21.3 Å². The Morgan fingerprint density at radius 1 is 2.00 bits per heavy atom. The second-order valence-electron chi connectivity index (χ2n) is 0.915. The van der Waals surface area contributed by atoms with Crippen LogP contribution in [0, 0.1) is 0 Å². The number of thiocarbonyl (C=S) groups is 1. The Balaban J connectivity index is 2.82. The molecule has 0 bridgehead atoms. The monoisotopic (exact) mass is 137 g/mol. The Kier molecular flexibility index (Phi) is 4.49. The van der Waals surface area contributed by atoms with Crippen LogP contribution in [0.15, 0.2) is 0 Å². The highest BCUT2D eigenvalue weighted by Gasteiger charge is 1.79. The van der Waals surface area contributed by atoms with Crippen LogP contribution in [0.3, 0.4) is 0 Å². The van der Waals surface area contributed by atoms with Gasteiger partial charge >= 0.3 is 0 Å². The van der Waals surface area contributed by atoms with Crippen molar-refractivity contribution in [2.45, 2.75) is 0 Å². The molecule has 2 nitrogen and oxygen atoms in total. The Hall–Kier alpha value is 0.200. The molecule has 0 aliphatic carbocycles. The van der Waals surface area contributed by atoms with Gasteiger partial charge in [0.1, 0.15) is 11.1 Å². The third-order valence-corrected chi connectivity index (χ3v) is 0.670. The Labute approximate surface area is 53.6 Å². The van der Waals surface area contributed by atoms with Crippen LogP contribution in [0.2, 0.25) is 0 Å². The molecule has 0 rings (SSSR count). The Morgan fingerprint density at radius 3 is 2.71 bits per heavy atom. The Bertz CT molecular complexity index is 66.0. The predicted octanol–water partition coefficient (Wildman–Crippen LogP) is 0.395. The number of hydrogen-bond donors (Lipinski definition) is 2. The van der Waals surface area contributed by atoms with Crippen molar-refractivity contribution in [3.63, 3.8) is 0 Å². The first-order valence-electron chi connectivity index (χ1n) is 1.73. The van der Waals surface area contributed by atoms with Crippen LogP contribution in [0.5, 0.6) is 0 Å². The SMILES string of the molecule is COCNC(=S)S. The third kappa shape index (κ3) is 6.20. The van der Waals surface area contributed by atoms with E-state index < -0.39 is 0 Å². The van der Waals surface area contributed by atoms with E-state index in [4.69, 9.17) is 0 Å². The molecule has 7 heavy (non-hydrogen) atoms. The van der Waals surface area contributed by atoms with Gasteiger partial charge in [-0.3, -0.25) is 0 Å². The summed E-state index contributed by atoms with van der Waals surface area (Å²) in [5, 5.41) is 2.67. The molecule has 1 N–H and O–H groups in total. The van der Waals surface area contributed by atoms with E-state index in [2.05, 4.69) is 34.9 Å². The summed E-state index contributed by atoms with van der Waals surface area (Å²) in [4.78, 5) is 0. The lowest BCUT2D eigenvalue weighted by molar-refractivity contribution is 0.193. The minimum absolute atomic E-state index is 0.433. The van der Waals surface area contributed by atoms with E-state index >= 15 is 0 Å². The second kappa shape index (κ2) is 4.36. The summed E-state index contributed by atoms with van der Waals surface area (Å²) in [6.07, 6.45) is 0. The first kappa shape index (κ1) is 7.20. The average molecular weight is 137 g/mol. The normalized spacial score (nSPS) is 8.29. The fourth-order valence-corrected chi connectivity index (χ4v) is 0.257. The van der Waals surface area contributed by atoms with Crippen molar-refractivity contribution >= 4 is 29.2 Å². The van der Waals surface area contributed by atoms with Gasteiger partial charge in [0, 0.05) is 7.11 Å². The molecule has 0 aromatic heterocycles. The van der Waals surface area contributed by atoms with E-state index in [1.165, 1.54) is 0 Å². The summed E-state index contributed by atoms with van der Waals surface area (Å²) in [6.45, 7) is 0.433. The number of nitrogens with one attached hydrogen (secondary N) is 1. The molecule has 0 unspecified atom stereocenters. The molecule has 0 saturated carbocycles. The molecule has 0 spiro atoms. The van der Waals surface area contributed by atoms with Crippen LogP contribution in [0.4, 0.5) is 0 Å². The van der Waals surface area contributed by atoms with Crippen LogP contribution in [0.25, 0.3) is 0 Å². The predicted molar refractivity (Wildman–Crippen MR) is 36.6 cm³/mol. The lowest BCUT2D eigenvalue weighted by Crippen LogP contribution is -2.18. The first-order chi connectivity index (χ1) is 3.27. The molecular weight excluding hydrogens is 130 g/mol. The average Bonchev–Trinajstić information content (AvgIpc) is 1.61. The van der Waals surface area contributed by atoms with E-state index in [1.807, 2.05) is 0 Å². The summed E-state index contributed by atoms with van der Waals surface area (Å²) < 4.78 is 5.07. The van der Waals surface area contributed by atoms with Gasteiger partial charge in [-0.15, -0.1) is 12.6 Å². The zero-order valence-corrected chi connectivity index (χ0v) is 5.68. The van der Waals surface area contributed by atoms with Gasteiger partial charge in [0.25, 0.3) is 0 Å². The van der Waals surface area contributed by atoms with Crippen LogP contribution in [0.1, 0.15) is 0 Å². The largest absolute Gasteiger partial charge is 0.365 e. The zero-order valence-electron chi connectivity index (χ0n) is 3.97. The van der Waals surface area contributed by atoms with Crippen molar-refractivity contribution in [1.29, 1.82) is 0 Å². The summed E-state index contributed by atoms with van der Waals surface area (Å²) in [7, 11) is 1.58. The van der Waals surface area contributed by atoms with Gasteiger partial charge in [0.15, 0.2) is 0 Å². The quantitative estimate of drug-likeness (QED) is 0.327. The number of hydrogen-bond acceptors (Lipinski definition) is 2. The van der Waals surface area contributed by atoms with Crippen LogP contribution < -0.4 is 5.32 Å². The fourth-order valence-electron chi connectivity index (χ4n) is 0.134. The number of methoxy groups -OCH3 is 1. The van der Waals surface area contributed by atoms with Crippen LogP contribution in [-0.2, 0) is 4.74 Å². The molecular formula is C3H7NOS2. The summed E-state index contributed by atoms with van der Waals surface area (Å²) in [5.74, 6) is 0. The van der Waals surface area contributed by atoms with Gasteiger partial charge in [-0.2, -0.15) is 0 Å². The second-order valence-corrected chi connectivity index (χ2v) is 2.07. The van der Waals surface area contributed by atoms with Crippen molar-refractivity contribution < 1.29 is 4.74 Å². The number of thiol groups is 1. The van der Waals surface area contributed by atoms with Gasteiger partial charge in [-0.25, -0.2) is 0 Å². The molecule has 0 saturated heterocycles. The molecule has 0 atom stereocenters. The molecule has 42 valence electrons. The van der Waals surface area contributed by atoms with Crippen LogP contribution in [-0.4, -0.2) is 18.2 Å². The smallest absolute Gasteiger partial charge is 0.132 e. The number of ether oxygens (including phenoxy) is 1. The summed E-state index contributed by atoms with van der Waals surface area (Å²) in [6, 6.07) is 0. The highest BCUT2D eigenvalue weighted by molar-refractivity contribution is 8.11. The Morgan fingerprint density at radius 2 is 2.57 bits per heavy atom.